The van der Waals surface area contributed by atoms with Crippen LogP contribution in [0, 0.1) is 11.6 Å². The molecule has 1 heterocycles. The molecule has 86 valence electrons. The molecular formula is C12H7F2NO2. The van der Waals surface area contributed by atoms with Gasteiger partial charge in [-0.3, -0.25) is 9.78 Å². The molecule has 0 amide bonds. The van der Waals surface area contributed by atoms with Gasteiger partial charge in [-0.05, 0) is 6.07 Å². The highest BCUT2D eigenvalue weighted by molar-refractivity contribution is 5.74. The number of carbonyl (C=O) groups is 1. The van der Waals surface area contributed by atoms with Crippen molar-refractivity contribution >= 4 is 6.29 Å². The van der Waals surface area contributed by atoms with Gasteiger partial charge in [0.1, 0.15) is 23.1 Å². The van der Waals surface area contributed by atoms with Gasteiger partial charge in [0, 0.05) is 30.0 Å². The SMILES string of the molecule is O=Cc1cncc(Oc2cc(F)cc(F)c2)c1. The highest BCUT2D eigenvalue weighted by Gasteiger charge is 2.03. The molecule has 0 saturated heterocycles. The lowest BCUT2D eigenvalue weighted by Gasteiger charge is -2.05. The fourth-order valence-electron chi connectivity index (χ4n) is 1.28. The summed E-state index contributed by atoms with van der Waals surface area (Å²) in [6, 6.07) is 4.24. The second kappa shape index (κ2) is 4.69. The molecule has 0 spiro atoms. The van der Waals surface area contributed by atoms with E-state index in [9.17, 15) is 13.6 Å². The van der Waals surface area contributed by atoms with Crippen LogP contribution in [0.1, 0.15) is 10.4 Å². The standard InChI is InChI=1S/C12H7F2NO2/c13-9-2-10(14)4-11(3-9)17-12-1-8(7-16)5-15-6-12/h1-7H. The van der Waals surface area contributed by atoms with Crippen molar-refractivity contribution in [2.45, 2.75) is 0 Å². The summed E-state index contributed by atoms with van der Waals surface area (Å²) >= 11 is 0. The molecule has 0 N–H and O–H groups in total. The highest BCUT2D eigenvalue weighted by Crippen LogP contribution is 2.22. The summed E-state index contributed by atoms with van der Waals surface area (Å²) in [5, 5.41) is 0. The number of rotatable bonds is 3. The van der Waals surface area contributed by atoms with Crippen LogP contribution in [0.15, 0.2) is 36.7 Å². The van der Waals surface area contributed by atoms with E-state index in [0.29, 0.717) is 11.8 Å². The number of pyridine rings is 1. The predicted octanol–water partition coefficient (Wildman–Crippen LogP) is 2.96. The normalized spacial score (nSPS) is 10.0. The minimum absolute atomic E-state index is 0.00680. The van der Waals surface area contributed by atoms with E-state index in [1.165, 1.54) is 18.5 Å². The molecule has 2 aromatic rings. The summed E-state index contributed by atoms with van der Waals surface area (Å²) in [6.07, 6.45) is 3.30. The van der Waals surface area contributed by atoms with Crippen molar-refractivity contribution in [3.63, 3.8) is 0 Å². The molecule has 17 heavy (non-hydrogen) atoms. The number of halogens is 2. The minimum atomic E-state index is -0.737. The van der Waals surface area contributed by atoms with E-state index in [-0.39, 0.29) is 11.5 Å². The summed E-state index contributed by atoms with van der Waals surface area (Å²) < 4.78 is 30.9. The molecular weight excluding hydrogens is 228 g/mol. The number of hydrogen-bond acceptors (Lipinski definition) is 3. The molecule has 0 aliphatic carbocycles. The number of hydrogen-bond donors (Lipinski definition) is 0. The third-order valence-electron chi connectivity index (χ3n) is 1.94. The molecule has 1 aromatic heterocycles. The molecule has 0 atom stereocenters. The first-order valence-corrected chi connectivity index (χ1v) is 4.71. The van der Waals surface area contributed by atoms with Crippen LogP contribution in [-0.4, -0.2) is 11.3 Å². The van der Waals surface area contributed by atoms with Gasteiger partial charge >= 0.3 is 0 Å². The smallest absolute Gasteiger partial charge is 0.151 e. The molecule has 0 aliphatic heterocycles. The Morgan fingerprint density at radius 3 is 2.35 bits per heavy atom. The van der Waals surface area contributed by atoms with Crippen LogP contribution >= 0.6 is 0 Å². The molecule has 0 aliphatic rings. The van der Waals surface area contributed by atoms with Crippen molar-refractivity contribution in [1.82, 2.24) is 4.98 Å². The number of benzene rings is 1. The van der Waals surface area contributed by atoms with Crippen LogP contribution in [-0.2, 0) is 0 Å². The minimum Gasteiger partial charge on any atom is -0.456 e. The summed E-state index contributed by atoms with van der Waals surface area (Å²) in [5.74, 6) is -1.23. The van der Waals surface area contributed by atoms with Crippen molar-refractivity contribution in [3.05, 3.63) is 53.9 Å². The molecule has 0 fully saturated rings. The van der Waals surface area contributed by atoms with E-state index in [1.54, 1.807) is 0 Å². The number of aromatic nitrogens is 1. The number of ether oxygens (including phenoxy) is 1. The van der Waals surface area contributed by atoms with Crippen LogP contribution < -0.4 is 4.74 Å². The van der Waals surface area contributed by atoms with Gasteiger partial charge in [0.15, 0.2) is 6.29 Å². The molecule has 5 heteroatoms. The topological polar surface area (TPSA) is 39.2 Å². The van der Waals surface area contributed by atoms with Crippen molar-refractivity contribution in [1.29, 1.82) is 0 Å². The van der Waals surface area contributed by atoms with E-state index in [1.807, 2.05) is 0 Å². The summed E-state index contributed by atoms with van der Waals surface area (Å²) in [4.78, 5) is 14.3. The van der Waals surface area contributed by atoms with Crippen LogP contribution in [0.25, 0.3) is 0 Å². The Morgan fingerprint density at radius 2 is 1.71 bits per heavy atom. The van der Waals surface area contributed by atoms with Gasteiger partial charge in [0.2, 0.25) is 0 Å². The molecule has 1 aromatic carbocycles. The first-order chi connectivity index (χ1) is 8.17. The summed E-state index contributed by atoms with van der Waals surface area (Å²) in [6.45, 7) is 0. The zero-order valence-electron chi connectivity index (χ0n) is 8.56. The van der Waals surface area contributed by atoms with Crippen molar-refractivity contribution in [2.75, 3.05) is 0 Å². The molecule has 0 unspecified atom stereocenters. The van der Waals surface area contributed by atoms with E-state index in [2.05, 4.69) is 4.98 Å². The average Bonchev–Trinajstić information content (AvgIpc) is 2.28. The Balaban J connectivity index is 2.27. The second-order valence-electron chi connectivity index (χ2n) is 3.28. The van der Waals surface area contributed by atoms with Crippen molar-refractivity contribution < 1.29 is 18.3 Å². The Labute approximate surface area is 95.7 Å². The van der Waals surface area contributed by atoms with Crippen LogP contribution in [0.5, 0.6) is 11.5 Å². The number of nitrogens with zero attached hydrogens (tertiary/aromatic N) is 1. The zero-order chi connectivity index (χ0) is 12.3. The molecule has 0 bridgehead atoms. The van der Waals surface area contributed by atoms with Gasteiger partial charge in [-0.15, -0.1) is 0 Å². The fourth-order valence-corrected chi connectivity index (χ4v) is 1.28. The molecule has 0 radical (unpaired) electrons. The molecule has 3 nitrogen and oxygen atoms in total. The van der Waals surface area contributed by atoms with E-state index < -0.39 is 11.6 Å². The molecule has 2 rings (SSSR count). The van der Waals surface area contributed by atoms with Gasteiger partial charge in [-0.25, -0.2) is 8.78 Å². The quantitative estimate of drug-likeness (QED) is 0.768. The Morgan fingerprint density at radius 1 is 1.00 bits per heavy atom. The van der Waals surface area contributed by atoms with E-state index >= 15 is 0 Å². The van der Waals surface area contributed by atoms with Crippen LogP contribution in [0.4, 0.5) is 8.78 Å². The number of aldehydes is 1. The second-order valence-corrected chi connectivity index (χ2v) is 3.28. The lowest BCUT2D eigenvalue weighted by atomic mass is 10.3. The Bertz CT molecular complexity index is 538. The molecule has 0 saturated carbocycles. The maximum atomic E-state index is 12.9. The Kier molecular flexibility index (Phi) is 3.09. The Hall–Kier alpha value is -2.30. The summed E-state index contributed by atoms with van der Waals surface area (Å²) in [7, 11) is 0. The van der Waals surface area contributed by atoms with Crippen molar-refractivity contribution in [3.8, 4) is 11.5 Å². The average molecular weight is 235 g/mol. The third-order valence-corrected chi connectivity index (χ3v) is 1.94. The maximum absolute atomic E-state index is 12.9. The van der Waals surface area contributed by atoms with Gasteiger partial charge in [0.05, 0.1) is 6.20 Å². The van der Waals surface area contributed by atoms with E-state index in [0.717, 1.165) is 18.2 Å². The van der Waals surface area contributed by atoms with Crippen molar-refractivity contribution in [2.24, 2.45) is 0 Å². The maximum Gasteiger partial charge on any atom is 0.151 e. The lowest BCUT2D eigenvalue weighted by molar-refractivity contribution is 0.112. The highest BCUT2D eigenvalue weighted by atomic mass is 19.1. The van der Waals surface area contributed by atoms with Gasteiger partial charge in [0.25, 0.3) is 0 Å². The number of carbonyl (C=O) groups excluding carboxylic acids is 1. The summed E-state index contributed by atoms with van der Waals surface area (Å²) in [5.41, 5.74) is 0.319. The fraction of sp³-hybridized carbons (Fsp3) is 0. The van der Waals surface area contributed by atoms with Gasteiger partial charge < -0.3 is 4.74 Å². The zero-order valence-corrected chi connectivity index (χ0v) is 8.56. The van der Waals surface area contributed by atoms with Crippen LogP contribution in [0.3, 0.4) is 0 Å². The first-order valence-electron chi connectivity index (χ1n) is 4.71. The first kappa shape index (κ1) is 11.2. The lowest BCUT2D eigenvalue weighted by Crippen LogP contribution is -1.90. The van der Waals surface area contributed by atoms with Crippen LogP contribution in [0.2, 0.25) is 0 Å². The third kappa shape index (κ3) is 2.84. The van der Waals surface area contributed by atoms with Gasteiger partial charge in [-0.2, -0.15) is 0 Å². The predicted molar refractivity (Wildman–Crippen MR) is 56.1 cm³/mol. The van der Waals surface area contributed by atoms with E-state index in [4.69, 9.17) is 4.74 Å². The monoisotopic (exact) mass is 235 g/mol. The largest absolute Gasteiger partial charge is 0.456 e. The van der Waals surface area contributed by atoms with Gasteiger partial charge in [-0.1, -0.05) is 0 Å².